The van der Waals surface area contributed by atoms with E-state index in [9.17, 15) is 29.4 Å². The molecule has 1 aromatic heterocycles. The Morgan fingerprint density at radius 1 is 0.800 bits per heavy atom. The minimum atomic E-state index is -1.32. The van der Waals surface area contributed by atoms with Gasteiger partial charge in [-0.05, 0) is 56.3 Å². The van der Waals surface area contributed by atoms with Crippen LogP contribution < -0.4 is 21.3 Å². The number of hydrogen-bond donors (Lipinski definition) is 6. The predicted octanol–water partition coefficient (Wildman–Crippen LogP) is 1.25. The molecule has 1 aliphatic heterocycles. The number of aromatic hydroxyl groups is 1. The summed E-state index contributed by atoms with van der Waals surface area (Å²) in [4.78, 5) is 56.1. The number of phenols is 1. The van der Waals surface area contributed by atoms with E-state index in [0.717, 1.165) is 0 Å². The summed E-state index contributed by atoms with van der Waals surface area (Å²) in [6.07, 6.45) is 1.24. The van der Waals surface area contributed by atoms with Crippen molar-refractivity contribution in [1.82, 2.24) is 36.4 Å². The molecule has 6 N–H and O–H groups in total. The van der Waals surface area contributed by atoms with Gasteiger partial charge in [-0.15, -0.1) is 10.2 Å². The summed E-state index contributed by atoms with van der Waals surface area (Å²) in [5, 5.41) is 39.2. The Morgan fingerprint density at radius 3 is 1.93 bits per heavy atom. The number of rotatable bonds is 8. The van der Waals surface area contributed by atoms with Gasteiger partial charge in [0.2, 0.25) is 35.4 Å². The molecule has 0 fully saturated rings. The topological polar surface area (TPSA) is 199 Å². The van der Waals surface area contributed by atoms with Crippen LogP contribution in [-0.4, -0.2) is 86.3 Å². The number of hydrogen-bond acceptors (Lipinski definition) is 10. The Balaban J connectivity index is 2.07. The molecule has 0 saturated carbocycles. The van der Waals surface area contributed by atoms with Crippen LogP contribution in [0.15, 0.2) is 28.7 Å². The Kier molecular flexibility index (Phi) is 12.9. The van der Waals surface area contributed by atoms with Gasteiger partial charge in [0.15, 0.2) is 0 Å². The third kappa shape index (κ3) is 9.24. The molecule has 0 aliphatic carbocycles. The molecule has 0 radical (unpaired) electrons. The summed E-state index contributed by atoms with van der Waals surface area (Å²) in [6.45, 7) is 10.9. The van der Waals surface area contributed by atoms with Crippen molar-refractivity contribution in [3.05, 3.63) is 41.6 Å². The number of nitrogens with zero attached hydrogens (tertiary/aromatic N) is 3. The number of aromatic nitrogens is 2. The Bertz CT molecular complexity index is 1300. The highest BCUT2D eigenvalue weighted by atomic mass is 16.4. The molecule has 0 saturated heterocycles. The fourth-order valence-electron chi connectivity index (χ4n) is 5.50. The van der Waals surface area contributed by atoms with E-state index in [4.69, 9.17) is 4.42 Å². The van der Waals surface area contributed by atoms with Crippen molar-refractivity contribution in [2.24, 2.45) is 5.92 Å². The van der Waals surface area contributed by atoms with Crippen LogP contribution in [0.2, 0.25) is 0 Å². The van der Waals surface area contributed by atoms with Gasteiger partial charge in [0.1, 0.15) is 29.9 Å². The number of carbonyl (C=O) groups is 4. The first kappa shape index (κ1) is 35.4. The van der Waals surface area contributed by atoms with Crippen LogP contribution in [0.4, 0.5) is 0 Å². The van der Waals surface area contributed by atoms with Gasteiger partial charge in [0.05, 0.1) is 18.7 Å². The fourth-order valence-corrected chi connectivity index (χ4v) is 5.50. The fraction of sp³-hybridized carbons (Fsp3) is 0.613. The van der Waals surface area contributed by atoms with E-state index in [1.54, 1.807) is 19.1 Å². The van der Waals surface area contributed by atoms with Crippen LogP contribution in [0.3, 0.4) is 0 Å². The number of nitrogens with one attached hydrogen (secondary N) is 4. The molecule has 4 amide bonds. The van der Waals surface area contributed by atoms with Crippen molar-refractivity contribution >= 4 is 23.6 Å². The quantitative estimate of drug-likeness (QED) is 0.247. The first-order valence-corrected chi connectivity index (χ1v) is 15.6. The van der Waals surface area contributed by atoms with E-state index in [1.165, 1.54) is 12.1 Å². The second kappa shape index (κ2) is 16.3. The van der Waals surface area contributed by atoms with Crippen molar-refractivity contribution in [2.75, 3.05) is 13.2 Å². The molecule has 2 aromatic rings. The molecule has 14 heteroatoms. The molecule has 45 heavy (non-hydrogen) atoms. The maximum absolute atomic E-state index is 13.6. The Morgan fingerprint density at radius 2 is 1.36 bits per heavy atom. The summed E-state index contributed by atoms with van der Waals surface area (Å²) in [5.41, 5.74) is 0.673. The molecule has 1 aliphatic rings. The van der Waals surface area contributed by atoms with Gasteiger partial charge in [0, 0.05) is 6.42 Å². The van der Waals surface area contributed by atoms with Crippen LogP contribution in [-0.2, 0) is 25.6 Å². The Hall–Kier alpha value is -4.04. The average molecular weight is 630 g/mol. The lowest BCUT2D eigenvalue weighted by atomic mass is 10.0. The van der Waals surface area contributed by atoms with E-state index in [-0.39, 0.29) is 36.3 Å². The van der Waals surface area contributed by atoms with E-state index in [0.29, 0.717) is 24.9 Å². The number of carbonyl (C=O) groups excluding carboxylic acids is 4. The molecule has 248 valence electrons. The zero-order valence-electron chi connectivity index (χ0n) is 26.9. The highest BCUT2D eigenvalue weighted by Crippen LogP contribution is 2.28. The van der Waals surface area contributed by atoms with Gasteiger partial charge in [-0.25, -0.2) is 0 Å². The Labute approximate surface area is 263 Å². The van der Waals surface area contributed by atoms with Gasteiger partial charge in [-0.2, -0.15) is 0 Å². The standard InChI is InChI=1S/C31H47N7O7/c1-7-24-29(44)35-23(16-39)28(43)33-21(14-17(4)5)27(42)34-22(15-19-10-12-20(40)13-11-19)26(41)32-18(6)30-36-37-31(45-30)25(8-2)38(24)9-3/h10-13,17-18,21-25,39-40H,7-9,14-16H2,1-6H3,(H,32,41)(H,33,43)(H,34,42)(H,35,44)/t18-,21+,22+,23-,24-,25?/m0/s1. The molecular formula is C31H47N7O7. The second-order valence-electron chi connectivity index (χ2n) is 11.8. The smallest absolute Gasteiger partial charge is 0.245 e. The normalized spacial score (nSPS) is 26.0. The van der Waals surface area contributed by atoms with Gasteiger partial charge >= 0.3 is 0 Å². The van der Waals surface area contributed by atoms with E-state index >= 15 is 0 Å². The minimum absolute atomic E-state index is 0.0224. The SMILES string of the molecule is CCC1c2nnc(o2)[C@H](C)NC(=O)[C@@H](Cc2ccc(O)cc2)NC(=O)[C@@H](CC(C)C)NC(=O)[C@H](CO)NC(=O)[C@H](CC)N1CC. The molecule has 6 atom stereocenters. The van der Waals surface area contributed by atoms with Crippen LogP contribution in [0, 0.1) is 5.92 Å². The monoisotopic (exact) mass is 629 g/mol. The average Bonchev–Trinajstić information content (AvgIpc) is 3.49. The van der Waals surface area contributed by atoms with Crippen molar-refractivity contribution in [3.8, 4) is 5.75 Å². The summed E-state index contributed by atoms with van der Waals surface area (Å²) < 4.78 is 6.03. The van der Waals surface area contributed by atoms with Crippen molar-refractivity contribution < 1.29 is 33.8 Å². The minimum Gasteiger partial charge on any atom is -0.508 e. The maximum Gasteiger partial charge on any atom is 0.245 e. The number of benzene rings is 1. The number of aliphatic hydroxyl groups is 1. The third-order valence-electron chi connectivity index (χ3n) is 7.88. The number of fused-ring (bicyclic) bond motifs is 2. The van der Waals surface area contributed by atoms with Crippen molar-refractivity contribution in [1.29, 1.82) is 0 Å². The summed E-state index contributed by atoms with van der Waals surface area (Å²) in [5.74, 6) is -1.86. The number of amides is 4. The summed E-state index contributed by atoms with van der Waals surface area (Å²) in [6, 6.07) is 0.948. The number of phenolic OH excluding ortho intramolecular Hbond substituents is 1. The maximum atomic E-state index is 13.6. The lowest BCUT2D eigenvalue weighted by molar-refractivity contribution is -0.136. The second-order valence-corrected chi connectivity index (χ2v) is 11.8. The van der Waals surface area contributed by atoms with Gasteiger partial charge in [0.25, 0.3) is 0 Å². The molecule has 0 spiro atoms. The largest absolute Gasteiger partial charge is 0.508 e. The van der Waals surface area contributed by atoms with Crippen molar-refractivity contribution in [3.63, 3.8) is 0 Å². The molecule has 1 unspecified atom stereocenters. The highest BCUT2D eigenvalue weighted by Gasteiger charge is 2.36. The van der Waals surface area contributed by atoms with E-state index < -0.39 is 66.5 Å². The van der Waals surface area contributed by atoms with Crippen LogP contribution in [0.5, 0.6) is 5.75 Å². The third-order valence-corrected chi connectivity index (χ3v) is 7.88. The van der Waals surface area contributed by atoms with Crippen LogP contribution in [0.25, 0.3) is 0 Å². The van der Waals surface area contributed by atoms with Gasteiger partial charge in [-0.3, -0.25) is 24.1 Å². The molecular weight excluding hydrogens is 582 g/mol. The summed E-state index contributed by atoms with van der Waals surface area (Å²) in [7, 11) is 0. The van der Waals surface area contributed by atoms with Gasteiger partial charge < -0.3 is 35.9 Å². The molecule has 3 rings (SSSR count). The lowest BCUT2D eigenvalue weighted by Crippen LogP contribution is -2.59. The first-order chi connectivity index (χ1) is 21.4. The molecule has 14 nitrogen and oxygen atoms in total. The van der Waals surface area contributed by atoms with Crippen LogP contribution in [0.1, 0.15) is 90.2 Å². The first-order valence-electron chi connectivity index (χ1n) is 15.6. The van der Waals surface area contributed by atoms with E-state index in [1.807, 2.05) is 39.5 Å². The molecule has 1 aromatic carbocycles. The molecule has 2 heterocycles. The zero-order chi connectivity index (χ0) is 33.3. The number of likely N-dealkylation sites (N-methyl/N-ethyl adjacent to an activating group) is 1. The molecule has 2 bridgehead atoms. The van der Waals surface area contributed by atoms with Crippen LogP contribution >= 0.6 is 0 Å². The van der Waals surface area contributed by atoms with E-state index in [2.05, 4.69) is 31.5 Å². The summed E-state index contributed by atoms with van der Waals surface area (Å²) >= 11 is 0. The van der Waals surface area contributed by atoms with Crippen molar-refractivity contribution in [2.45, 2.75) is 103 Å². The predicted molar refractivity (Wildman–Crippen MR) is 164 cm³/mol. The van der Waals surface area contributed by atoms with Gasteiger partial charge in [-0.1, -0.05) is 46.8 Å². The number of aliphatic hydroxyl groups excluding tert-OH is 1. The lowest BCUT2D eigenvalue weighted by Gasteiger charge is -2.34. The zero-order valence-corrected chi connectivity index (χ0v) is 26.9. The highest BCUT2D eigenvalue weighted by molar-refractivity contribution is 5.95.